The molecule has 0 saturated carbocycles. The maximum Gasteiger partial charge on any atom is 0.226 e. The van der Waals surface area contributed by atoms with E-state index in [0.29, 0.717) is 19.0 Å². The second-order valence-corrected chi connectivity index (χ2v) is 5.38. The van der Waals surface area contributed by atoms with E-state index < -0.39 is 0 Å². The molecule has 134 valence electrons. The summed E-state index contributed by atoms with van der Waals surface area (Å²) >= 11 is 0. The third-order valence-corrected chi connectivity index (χ3v) is 3.61. The Balaban J connectivity index is 0.00000288. The minimum atomic E-state index is 0. The number of fused-ring (bicyclic) bond motifs is 1. The number of hydrogen-bond donors (Lipinski definition) is 2. The van der Waals surface area contributed by atoms with Gasteiger partial charge in [-0.2, -0.15) is 0 Å². The minimum absolute atomic E-state index is 0. The molecule has 1 heterocycles. The van der Waals surface area contributed by atoms with Crippen LogP contribution in [0, 0.1) is 0 Å². The van der Waals surface area contributed by atoms with Gasteiger partial charge in [0.1, 0.15) is 0 Å². The summed E-state index contributed by atoms with van der Waals surface area (Å²) in [6, 6.07) is 7.94. The van der Waals surface area contributed by atoms with Gasteiger partial charge < -0.3 is 14.6 Å². The van der Waals surface area contributed by atoms with Crippen LogP contribution in [-0.4, -0.2) is 42.3 Å². The summed E-state index contributed by atoms with van der Waals surface area (Å²) in [6.45, 7) is 5.02. The second kappa shape index (κ2) is 11.0. The second-order valence-electron chi connectivity index (χ2n) is 5.38. The van der Waals surface area contributed by atoms with Crippen molar-refractivity contribution in [3.63, 3.8) is 0 Å². The molecule has 0 fully saturated rings. The van der Waals surface area contributed by atoms with Crippen LogP contribution in [0.25, 0.3) is 11.0 Å². The molecule has 0 bridgehead atoms. The lowest BCUT2D eigenvalue weighted by molar-refractivity contribution is -0.116. The molecule has 2 rings (SSSR count). The van der Waals surface area contributed by atoms with Gasteiger partial charge >= 0.3 is 0 Å². The van der Waals surface area contributed by atoms with Crippen LogP contribution in [0.1, 0.15) is 26.2 Å². The number of amides is 1. The summed E-state index contributed by atoms with van der Waals surface area (Å²) in [7, 11) is 1.88. The van der Waals surface area contributed by atoms with E-state index >= 15 is 0 Å². The highest BCUT2D eigenvalue weighted by Crippen LogP contribution is 2.20. The Bertz CT molecular complexity index is 630. The van der Waals surface area contributed by atoms with Crippen molar-refractivity contribution in [3.05, 3.63) is 24.3 Å². The van der Waals surface area contributed by atoms with Crippen molar-refractivity contribution < 1.29 is 9.53 Å². The molecule has 0 unspecified atom stereocenters. The monoisotopic (exact) mass is 354 g/mol. The van der Waals surface area contributed by atoms with Gasteiger partial charge in [0, 0.05) is 26.2 Å². The number of nitrogens with zero attached hydrogens (tertiary/aromatic N) is 2. The van der Waals surface area contributed by atoms with E-state index in [1.54, 1.807) is 0 Å². The Hall–Kier alpha value is -1.63. The van der Waals surface area contributed by atoms with Gasteiger partial charge in [-0.25, -0.2) is 4.98 Å². The molecule has 0 saturated heterocycles. The lowest BCUT2D eigenvalue weighted by atomic mass is 10.3. The van der Waals surface area contributed by atoms with Gasteiger partial charge in [-0.15, -0.1) is 12.4 Å². The molecular formula is C17H27ClN4O2. The predicted molar refractivity (Wildman–Crippen MR) is 99.9 cm³/mol. The molecule has 1 aromatic carbocycles. The first-order valence-corrected chi connectivity index (χ1v) is 8.23. The van der Waals surface area contributed by atoms with Gasteiger partial charge in [0.05, 0.1) is 11.0 Å². The fraction of sp³-hybridized carbons (Fsp3) is 0.529. The molecule has 0 aliphatic heterocycles. The Morgan fingerprint density at radius 1 is 1.29 bits per heavy atom. The molecular weight excluding hydrogens is 328 g/mol. The SMILES string of the molecule is CCOCCCn1c(NC(=O)CCCNC)nc2ccccc21.Cl. The number of benzene rings is 1. The zero-order valence-corrected chi connectivity index (χ0v) is 15.2. The van der Waals surface area contributed by atoms with Crippen LogP contribution in [0.15, 0.2) is 24.3 Å². The van der Waals surface area contributed by atoms with E-state index in [2.05, 4.69) is 20.2 Å². The molecule has 1 amide bonds. The Morgan fingerprint density at radius 3 is 2.83 bits per heavy atom. The minimum Gasteiger partial charge on any atom is -0.382 e. The summed E-state index contributed by atoms with van der Waals surface area (Å²) < 4.78 is 7.46. The van der Waals surface area contributed by atoms with Gasteiger partial charge in [-0.3, -0.25) is 10.1 Å². The molecule has 0 spiro atoms. The molecule has 0 aliphatic carbocycles. The van der Waals surface area contributed by atoms with Gasteiger partial charge in [0.25, 0.3) is 0 Å². The lowest BCUT2D eigenvalue weighted by Crippen LogP contribution is -2.18. The Labute approximate surface area is 149 Å². The molecule has 0 atom stereocenters. The number of aromatic nitrogens is 2. The molecule has 1 aromatic heterocycles. The van der Waals surface area contributed by atoms with E-state index in [4.69, 9.17) is 4.74 Å². The average Bonchev–Trinajstić information content (AvgIpc) is 2.89. The van der Waals surface area contributed by atoms with E-state index in [0.717, 1.165) is 43.6 Å². The maximum atomic E-state index is 12.1. The fourth-order valence-corrected chi connectivity index (χ4v) is 2.48. The van der Waals surface area contributed by atoms with Crippen LogP contribution in [0.4, 0.5) is 5.95 Å². The van der Waals surface area contributed by atoms with Crippen molar-refractivity contribution in [1.29, 1.82) is 0 Å². The summed E-state index contributed by atoms with van der Waals surface area (Å²) in [5.41, 5.74) is 1.93. The standard InChI is InChI=1S/C17H26N4O2.ClH/c1-3-23-13-7-12-21-15-9-5-4-8-14(15)19-17(21)20-16(22)10-6-11-18-2;/h4-5,8-9,18H,3,6-7,10-13H2,1-2H3,(H,19,20,22);1H. The van der Waals surface area contributed by atoms with E-state index in [1.807, 2.05) is 38.2 Å². The van der Waals surface area contributed by atoms with Crippen molar-refractivity contribution in [1.82, 2.24) is 14.9 Å². The highest BCUT2D eigenvalue weighted by Gasteiger charge is 2.12. The number of ether oxygens (including phenoxy) is 1. The lowest BCUT2D eigenvalue weighted by Gasteiger charge is -2.10. The highest BCUT2D eigenvalue weighted by molar-refractivity contribution is 5.91. The summed E-state index contributed by atoms with van der Waals surface area (Å²) in [5, 5.41) is 5.99. The van der Waals surface area contributed by atoms with Gasteiger partial charge in [0.15, 0.2) is 0 Å². The van der Waals surface area contributed by atoms with E-state index in [1.165, 1.54) is 0 Å². The first-order chi connectivity index (χ1) is 11.3. The number of carbonyl (C=O) groups excluding carboxylic acids is 1. The molecule has 24 heavy (non-hydrogen) atoms. The molecule has 0 radical (unpaired) electrons. The first kappa shape index (κ1) is 20.4. The van der Waals surface area contributed by atoms with Crippen molar-refractivity contribution in [3.8, 4) is 0 Å². The summed E-state index contributed by atoms with van der Waals surface area (Å²) in [4.78, 5) is 16.6. The average molecular weight is 355 g/mol. The quantitative estimate of drug-likeness (QED) is 0.644. The van der Waals surface area contributed by atoms with Crippen LogP contribution in [-0.2, 0) is 16.1 Å². The number of imidazole rings is 1. The summed E-state index contributed by atoms with van der Waals surface area (Å²) in [6.07, 6.45) is 2.19. The highest BCUT2D eigenvalue weighted by atomic mass is 35.5. The largest absolute Gasteiger partial charge is 0.382 e. The third kappa shape index (κ3) is 5.78. The van der Waals surface area contributed by atoms with Crippen LogP contribution >= 0.6 is 12.4 Å². The van der Waals surface area contributed by atoms with Gasteiger partial charge in [-0.05, 0) is 45.5 Å². The van der Waals surface area contributed by atoms with Crippen molar-refractivity contribution in [2.75, 3.05) is 32.1 Å². The van der Waals surface area contributed by atoms with Crippen LogP contribution in [0.5, 0.6) is 0 Å². The van der Waals surface area contributed by atoms with Crippen molar-refractivity contribution in [2.45, 2.75) is 32.7 Å². The zero-order chi connectivity index (χ0) is 16.5. The zero-order valence-electron chi connectivity index (χ0n) is 14.4. The number of rotatable bonds is 10. The molecule has 0 aliphatic rings. The van der Waals surface area contributed by atoms with Crippen molar-refractivity contribution >= 4 is 35.3 Å². The number of halogens is 1. The molecule has 7 heteroatoms. The van der Waals surface area contributed by atoms with Crippen LogP contribution in [0.2, 0.25) is 0 Å². The first-order valence-electron chi connectivity index (χ1n) is 8.23. The third-order valence-electron chi connectivity index (χ3n) is 3.61. The number of aryl methyl sites for hydroxylation is 1. The van der Waals surface area contributed by atoms with Crippen molar-refractivity contribution in [2.24, 2.45) is 0 Å². The van der Waals surface area contributed by atoms with Gasteiger partial charge in [0.2, 0.25) is 11.9 Å². The number of hydrogen-bond acceptors (Lipinski definition) is 4. The number of nitrogens with one attached hydrogen (secondary N) is 2. The number of anilines is 1. The normalized spacial score (nSPS) is 10.6. The topological polar surface area (TPSA) is 68.2 Å². The summed E-state index contributed by atoms with van der Waals surface area (Å²) in [5.74, 6) is 0.624. The Morgan fingerprint density at radius 2 is 2.08 bits per heavy atom. The van der Waals surface area contributed by atoms with E-state index in [9.17, 15) is 4.79 Å². The molecule has 2 aromatic rings. The predicted octanol–water partition coefficient (Wildman–Crippen LogP) is 2.82. The van der Waals surface area contributed by atoms with Gasteiger partial charge in [-0.1, -0.05) is 12.1 Å². The number of carbonyl (C=O) groups is 1. The van der Waals surface area contributed by atoms with E-state index in [-0.39, 0.29) is 18.3 Å². The fourth-order valence-electron chi connectivity index (χ4n) is 2.48. The maximum absolute atomic E-state index is 12.1. The van der Waals surface area contributed by atoms with Crippen LogP contribution < -0.4 is 10.6 Å². The molecule has 2 N–H and O–H groups in total. The number of para-hydroxylation sites is 2. The van der Waals surface area contributed by atoms with Crippen LogP contribution in [0.3, 0.4) is 0 Å². The smallest absolute Gasteiger partial charge is 0.226 e. The molecule has 6 nitrogen and oxygen atoms in total. The Kier molecular flexibility index (Phi) is 9.37.